The fraction of sp³-hybridized carbons (Fsp3) is 0.929. The number of hydrogen-bond acceptors (Lipinski definition) is 2. The van der Waals surface area contributed by atoms with Crippen molar-refractivity contribution >= 4 is 5.97 Å². The van der Waals surface area contributed by atoms with Gasteiger partial charge in [-0.15, -0.1) is 0 Å². The van der Waals surface area contributed by atoms with Gasteiger partial charge in [-0.1, -0.05) is 27.2 Å². The molecule has 0 heterocycles. The van der Waals surface area contributed by atoms with E-state index in [4.69, 9.17) is 4.74 Å². The predicted molar refractivity (Wildman–Crippen MR) is 66.3 cm³/mol. The van der Waals surface area contributed by atoms with E-state index in [0.717, 1.165) is 25.7 Å². The molecule has 1 unspecified atom stereocenters. The summed E-state index contributed by atoms with van der Waals surface area (Å²) in [5, 5.41) is 0. The highest BCUT2D eigenvalue weighted by atomic mass is 16.6. The maximum absolute atomic E-state index is 11.9. The normalized spacial score (nSPS) is 20.7. The first kappa shape index (κ1) is 13.5. The Morgan fingerprint density at radius 1 is 1.31 bits per heavy atom. The summed E-state index contributed by atoms with van der Waals surface area (Å²) in [4.78, 5) is 11.9. The Labute approximate surface area is 99.8 Å². The van der Waals surface area contributed by atoms with Gasteiger partial charge in [0.1, 0.15) is 5.60 Å². The van der Waals surface area contributed by atoms with Gasteiger partial charge in [0.2, 0.25) is 0 Å². The summed E-state index contributed by atoms with van der Waals surface area (Å²) in [7, 11) is 0. The molecular formula is C14H26O2. The van der Waals surface area contributed by atoms with Crippen LogP contribution in [0, 0.1) is 5.92 Å². The summed E-state index contributed by atoms with van der Waals surface area (Å²) in [5.74, 6) is 0.0691. The Morgan fingerprint density at radius 3 is 2.44 bits per heavy atom. The number of unbranched alkanes of at least 4 members (excludes halogenated alkanes) is 1. The van der Waals surface area contributed by atoms with E-state index < -0.39 is 0 Å². The van der Waals surface area contributed by atoms with Crippen LogP contribution in [-0.4, -0.2) is 11.6 Å². The van der Waals surface area contributed by atoms with E-state index in [-0.39, 0.29) is 17.5 Å². The molecule has 94 valence electrons. The molecule has 0 aromatic heterocycles. The lowest BCUT2D eigenvalue weighted by Crippen LogP contribution is -2.34. The molecule has 2 nitrogen and oxygen atoms in total. The molecule has 0 N–H and O–H groups in total. The summed E-state index contributed by atoms with van der Waals surface area (Å²) in [6, 6.07) is 0. The molecule has 1 aliphatic carbocycles. The van der Waals surface area contributed by atoms with Crippen molar-refractivity contribution in [2.24, 2.45) is 5.92 Å². The molecule has 16 heavy (non-hydrogen) atoms. The van der Waals surface area contributed by atoms with Gasteiger partial charge in [0.05, 0.1) is 5.92 Å². The van der Waals surface area contributed by atoms with E-state index in [9.17, 15) is 4.79 Å². The van der Waals surface area contributed by atoms with Gasteiger partial charge in [0, 0.05) is 0 Å². The van der Waals surface area contributed by atoms with Crippen LogP contribution in [-0.2, 0) is 9.53 Å². The van der Waals surface area contributed by atoms with Crippen LogP contribution in [0.25, 0.3) is 0 Å². The molecular weight excluding hydrogens is 200 g/mol. The summed E-state index contributed by atoms with van der Waals surface area (Å²) < 4.78 is 5.81. The van der Waals surface area contributed by atoms with Crippen molar-refractivity contribution in [2.75, 3.05) is 0 Å². The molecule has 0 radical (unpaired) electrons. The fourth-order valence-electron chi connectivity index (χ4n) is 2.40. The molecule has 0 aromatic carbocycles. The first-order chi connectivity index (χ1) is 7.63. The number of carbonyl (C=O) groups is 1. The van der Waals surface area contributed by atoms with Gasteiger partial charge in [-0.3, -0.25) is 4.79 Å². The Morgan fingerprint density at radius 2 is 1.94 bits per heavy atom. The second-order valence-corrected chi connectivity index (χ2v) is 5.22. The monoisotopic (exact) mass is 226 g/mol. The lowest BCUT2D eigenvalue weighted by atomic mass is 9.94. The highest BCUT2D eigenvalue weighted by Crippen LogP contribution is 2.38. The summed E-state index contributed by atoms with van der Waals surface area (Å²) in [5.41, 5.74) is -0.101. The van der Waals surface area contributed by atoms with Crippen LogP contribution >= 0.6 is 0 Å². The minimum Gasteiger partial charge on any atom is -0.459 e. The van der Waals surface area contributed by atoms with Crippen molar-refractivity contribution in [3.63, 3.8) is 0 Å². The van der Waals surface area contributed by atoms with Crippen molar-refractivity contribution in [3.8, 4) is 0 Å². The van der Waals surface area contributed by atoms with Gasteiger partial charge < -0.3 is 4.74 Å². The number of ether oxygens (including phenoxy) is 1. The predicted octanol–water partition coefficient (Wildman–Crippen LogP) is 4.08. The largest absolute Gasteiger partial charge is 0.459 e. The third-order valence-corrected chi connectivity index (χ3v) is 3.83. The average molecular weight is 226 g/mol. The maximum Gasteiger partial charge on any atom is 0.309 e. The van der Waals surface area contributed by atoms with Crippen molar-refractivity contribution in [1.82, 2.24) is 0 Å². The van der Waals surface area contributed by atoms with Gasteiger partial charge in [0.15, 0.2) is 0 Å². The number of hydrogen-bond donors (Lipinski definition) is 0. The molecule has 1 rings (SSSR count). The van der Waals surface area contributed by atoms with E-state index in [1.54, 1.807) is 0 Å². The van der Waals surface area contributed by atoms with E-state index in [1.807, 2.05) is 13.8 Å². The molecule has 2 heteroatoms. The molecule has 0 aliphatic heterocycles. The zero-order chi connectivity index (χ0) is 12.0. The van der Waals surface area contributed by atoms with Gasteiger partial charge in [-0.25, -0.2) is 0 Å². The topological polar surface area (TPSA) is 26.3 Å². The summed E-state index contributed by atoms with van der Waals surface area (Å²) in [6.45, 7) is 6.20. The van der Waals surface area contributed by atoms with Crippen LogP contribution < -0.4 is 0 Å². The van der Waals surface area contributed by atoms with Crippen molar-refractivity contribution < 1.29 is 9.53 Å². The fourth-order valence-corrected chi connectivity index (χ4v) is 2.40. The number of rotatable bonds is 6. The summed E-state index contributed by atoms with van der Waals surface area (Å²) in [6.07, 6.45) is 8.89. The third-order valence-electron chi connectivity index (χ3n) is 3.83. The van der Waals surface area contributed by atoms with Crippen LogP contribution in [0.5, 0.6) is 0 Å². The standard InChI is InChI=1S/C14H26O2/c1-4-6-9-14(10-7-8-11-14)16-13(15)12(3)5-2/h12H,4-11H2,1-3H3. The minimum atomic E-state index is -0.101. The molecule has 1 aliphatic rings. The van der Waals surface area contributed by atoms with E-state index >= 15 is 0 Å². The molecule has 0 spiro atoms. The SMILES string of the molecule is CCCCC1(OC(=O)C(C)CC)CCCC1. The lowest BCUT2D eigenvalue weighted by molar-refractivity contribution is -0.164. The first-order valence-corrected chi connectivity index (χ1v) is 6.86. The quantitative estimate of drug-likeness (QED) is 0.638. The van der Waals surface area contributed by atoms with Crippen LogP contribution in [0.4, 0.5) is 0 Å². The van der Waals surface area contributed by atoms with Crippen molar-refractivity contribution in [1.29, 1.82) is 0 Å². The molecule has 0 bridgehead atoms. The van der Waals surface area contributed by atoms with Crippen LogP contribution in [0.3, 0.4) is 0 Å². The first-order valence-electron chi connectivity index (χ1n) is 6.86. The highest BCUT2D eigenvalue weighted by Gasteiger charge is 2.37. The highest BCUT2D eigenvalue weighted by molar-refractivity contribution is 5.72. The van der Waals surface area contributed by atoms with Crippen molar-refractivity contribution in [2.45, 2.75) is 77.7 Å². The molecule has 0 saturated heterocycles. The Bertz CT molecular complexity index is 217. The van der Waals surface area contributed by atoms with E-state index in [1.165, 1.54) is 25.7 Å². The second-order valence-electron chi connectivity index (χ2n) is 5.22. The van der Waals surface area contributed by atoms with Gasteiger partial charge in [-0.05, 0) is 44.9 Å². The van der Waals surface area contributed by atoms with Gasteiger partial charge >= 0.3 is 5.97 Å². The molecule has 1 atom stereocenters. The van der Waals surface area contributed by atoms with Gasteiger partial charge in [-0.2, -0.15) is 0 Å². The van der Waals surface area contributed by atoms with E-state index in [2.05, 4.69) is 6.92 Å². The number of esters is 1. The third kappa shape index (κ3) is 3.50. The summed E-state index contributed by atoms with van der Waals surface area (Å²) >= 11 is 0. The van der Waals surface area contributed by atoms with Crippen LogP contribution in [0.2, 0.25) is 0 Å². The van der Waals surface area contributed by atoms with Crippen LogP contribution in [0.1, 0.15) is 72.1 Å². The van der Waals surface area contributed by atoms with E-state index in [0.29, 0.717) is 0 Å². The average Bonchev–Trinajstić information content (AvgIpc) is 2.74. The lowest BCUT2D eigenvalue weighted by Gasteiger charge is -2.30. The van der Waals surface area contributed by atoms with Crippen LogP contribution in [0.15, 0.2) is 0 Å². The Kier molecular flexibility index (Phi) is 5.30. The Balaban J connectivity index is 2.53. The smallest absolute Gasteiger partial charge is 0.309 e. The molecule has 0 amide bonds. The molecule has 1 saturated carbocycles. The molecule has 0 aromatic rings. The van der Waals surface area contributed by atoms with Gasteiger partial charge in [0.25, 0.3) is 0 Å². The Hall–Kier alpha value is -0.530. The zero-order valence-corrected chi connectivity index (χ0v) is 11.1. The molecule has 1 fully saturated rings. The zero-order valence-electron chi connectivity index (χ0n) is 11.1. The minimum absolute atomic E-state index is 0.0144. The maximum atomic E-state index is 11.9. The second kappa shape index (κ2) is 6.27. The van der Waals surface area contributed by atoms with Crippen molar-refractivity contribution in [3.05, 3.63) is 0 Å². The number of carbonyl (C=O) groups excluding carboxylic acids is 1.